The van der Waals surface area contributed by atoms with Gasteiger partial charge in [0.1, 0.15) is 0 Å². The van der Waals surface area contributed by atoms with Crippen LogP contribution in [0, 0.1) is 13.8 Å². The molecule has 0 aliphatic rings. The molecule has 2 N–H and O–H groups in total. The summed E-state index contributed by atoms with van der Waals surface area (Å²) < 4.78 is 1.82. The maximum absolute atomic E-state index is 6.50. The van der Waals surface area contributed by atoms with Gasteiger partial charge in [0, 0.05) is 40.0 Å². The van der Waals surface area contributed by atoms with Crippen molar-refractivity contribution in [2.75, 3.05) is 0 Å². The van der Waals surface area contributed by atoms with Gasteiger partial charge < -0.3 is 5.73 Å². The van der Waals surface area contributed by atoms with E-state index in [1.807, 2.05) is 29.6 Å². The lowest BCUT2D eigenvalue weighted by Crippen LogP contribution is -2.09. The van der Waals surface area contributed by atoms with Crippen molar-refractivity contribution in [3.8, 4) is 22.5 Å². The van der Waals surface area contributed by atoms with Crippen LogP contribution >= 0.6 is 23.2 Å². The van der Waals surface area contributed by atoms with E-state index in [2.05, 4.69) is 31.2 Å². The summed E-state index contributed by atoms with van der Waals surface area (Å²) in [7, 11) is 0. The summed E-state index contributed by atoms with van der Waals surface area (Å²) in [6, 6.07) is 15.7. The molecule has 27 heavy (non-hydrogen) atoms. The fourth-order valence-corrected chi connectivity index (χ4v) is 3.72. The molecule has 4 aromatic rings. The molecular weight excluding hydrogens is 379 g/mol. The van der Waals surface area contributed by atoms with Crippen LogP contribution < -0.4 is 5.73 Å². The largest absolute Gasteiger partial charge is 0.326 e. The van der Waals surface area contributed by atoms with Crippen molar-refractivity contribution in [1.29, 1.82) is 0 Å². The van der Waals surface area contributed by atoms with Crippen molar-refractivity contribution in [1.82, 2.24) is 14.6 Å². The van der Waals surface area contributed by atoms with Gasteiger partial charge in [-0.15, -0.1) is 0 Å². The Balaban J connectivity index is 2.02. The molecular formula is C21H18Cl2N4. The Labute approximate surface area is 167 Å². The third-order valence-electron chi connectivity index (χ3n) is 4.64. The average Bonchev–Trinajstić information content (AvgIpc) is 3.05. The van der Waals surface area contributed by atoms with Crippen molar-refractivity contribution in [2.24, 2.45) is 5.73 Å². The van der Waals surface area contributed by atoms with E-state index in [4.69, 9.17) is 39.0 Å². The number of nitrogens with two attached hydrogens (primary N) is 1. The zero-order valence-corrected chi connectivity index (χ0v) is 16.5. The second-order valence-electron chi connectivity index (χ2n) is 6.52. The van der Waals surface area contributed by atoms with Crippen LogP contribution in [0.2, 0.25) is 10.0 Å². The van der Waals surface area contributed by atoms with Gasteiger partial charge in [0.05, 0.1) is 16.4 Å². The zero-order valence-electron chi connectivity index (χ0n) is 15.0. The Bertz CT molecular complexity index is 1150. The number of hydrogen-bond donors (Lipinski definition) is 1. The standard InChI is InChI=1S/C21H18Cl2N4/c1-12-3-5-14(6-4-12)19-10-20-25-13(2)17(11-24)21(27(20)26-19)16-8-7-15(22)9-18(16)23/h3-10H,11,24H2,1-2H3. The Hall–Kier alpha value is -2.40. The highest BCUT2D eigenvalue weighted by Crippen LogP contribution is 2.34. The number of aryl methyl sites for hydroxylation is 2. The summed E-state index contributed by atoms with van der Waals surface area (Å²) in [4.78, 5) is 4.69. The van der Waals surface area contributed by atoms with E-state index in [-0.39, 0.29) is 0 Å². The average molecular weight is 397 g/mol. The zero-order chi connectivity index (χ0) is 19.1. The van der Waals surface area contributed by atoms with Crippen LogP contribution in [0.4, 0.5) is 0 Å². The molecule has 0 aliphatic heterocycles. The topological polar surface area (TPSA) is 56.2 Å². The van der Waals surface area contributed by atoms with E-state index in [9.17, 15) is 0 Å². The third-order valence-corrected chi connectivity index (χ3v) is 5.19. The first kappa shape index (κ1) is 18.0. The van der Waals surface area contributed by atoms with Crippen molar-refractivity contribution in [3.63, 3.8) is 0 Å². The van der Waals surface area contributed by atoms with E-state index >= 15 is 0 Å². The third kappa shape index (κ3) is 3.21. The molecule has 6 heteroatoms. The van der Waals surface area contributed by atoms with Crippen LogP contribution in [0.1, 0.15) is 16.8 Å². The molecule has 0 atom stereocenters. The van der Waals surface area contributed by atoms with Crippen LogP contribution in [-0.2, 0) is 6.54 Å². The quantitative estimate of drug-likeness (QED) is 0.501. The molecule has 0 unspecified atom stereocenters. The fraction of sp³-hybridized carbons (Fsp3) is 0.143. The first-order chi connectivity index (χ1) is 13.0. The van der Waals surface area contributed by atoms with Crippen molar-refractivity contribution < 1.29 is 0 Å². The summed E-state index contributed by atoms with van der Waals surface area (Å²) in [5, 5.41) is 5.95. The summed E-state index contributed by atoms with van der Waals surface area (Å²) in [6.07, 6.45) is 0. The minimum atomic E-state index is 0.336. The van der Waals surface area contributed by atoms with Crippen molar-refractivity contribution >= 4 is 28.8 Å². The second-order valence-corrected chi connectivity index (χ2v) is 7.36. The number of nitrogens with zero attached hydrogens (tertiary/aromatic N) is 3. The van der Waals surface area contributed by atoms with Crippen LogP contribution in [0.25, 0.3) is 28.2 Å². The number of halogens is 2. The van der Waals surface area contributed by atoms with Gasteiger partial charge in [0.2, 0.25) is 0 Å². The lowest BCUT2D eigenvalue weighted by molar-refractivity contribution is 0.898. The summed E-state index contributed by atoms with van der Waals surface area (Å²) in [5.41, 5.74) is 13.3. The van der Waals surface area contributed by atoms with Gasteiger partial charge >= 0.3 is 0 Å². The van der Waals surface area contributed by atoms with Crippen LogP contribution in [0.15, 0.2) is 48.5 Å². The van der Waals surface area contributed by atoms with Crippen LogP contribution in [0.5, 0.6) is 0 Å². The Kier molecular flexibility index (Phi) is 4.64. The highest BCUT2D eigenvalue weighted by Gasteiger charge is 2.18. The van der Waals surface area contributed by atoms with Gasteiger partial charge in [0.15, 0.2) is 5.65 Å². The molecule has 2 aromatic carbocycles. The molecule has 0 saturated heterocycles. The SMILES string of the molecule is Cc1ccc(-c2cc3nc(C)c(CN)c(-c4ccc(Cl)cc4Cl)n3n2)cc1. The molecule has 0 saturated carbocycles. The molecule has 0 aliphatic carbocycles. The Morgan fingerprint density at radius 1 is 1.00 bits per heavy atom. The summed E-state index contributed by atoms with van der Waals surface area (Å²) >= 11 is 12.6. The normalized spacial score (nSPS) is 11.3. The molecule has 4 rings (SSSR count). The fourth-order valence-electron chi connectivity index (χ4n) is 3.22. The molecule has 0 spiro atoms. The van der Waals surface area contributed by atoms with E-state index < -0.39 is 0 Å². The van der Waals surface area contributed by atoms with Gasteiger partial charge in [-0.25, -0.2) is 9.50 Å². The van der Waals surface area contributed by atoms with Gasteiger partial charge in [-0.3, -0.25) is 0 Å². The highest BCUT2D eigenvalue weighted by atomic mass is 35.5. The van der Waals surface area contributed by atoms with E-state index in [0.29, 0.717) is 16.6 Å². The van der Waals surface area contributed by atoms with Crippen molar-refractivity contribution in [3.05, 3.63) is 75.4 Å². The smallest absolute Gasteiger partial charge is 0.156 e. The molecule has 0 amide bonds. The van der Waals surface area contributed by atoms with Crippen molar-refractivity contribution in [2.45, 2.75) is 20.4 Å². The van der Waals surface area contributed by atoms with E-state index in [1.165, 1.54) is 5.56 Å². The first-order valence-corrected chi connectivity index (χ1v) is 9.35. The van der Waals surface area contributed by atoms with Gasteiger partial charge in [-0.05, 0) is 32.0 Å². The summed E-state index contributed by atoms with van der Waals surface area (Å²) in [5.74, 6) is 0. The van der Waals surface area contributed by atoms with Crippen LogP contribution in [0.3, 0.4) is 0 Å². The maximum Gasteiger partial charge on any atom is 0.156 e. The molecule has 136 valence electrons. The maximum atomic E-state index is 6.50. The summed E-state index contributed by atoms with van der Waals surface area (Å²) in [6.45, 7) is 4.35. The number of fused-ring (bicyclic) bond motifs is 1. The first-order valence-electron chi connectivity index (χ1n) is 8.59. The van der Waals surface area contributed by atoms with Gasteiger partial charge in [-0.1, -0.05) is 53.0 Å². The van der Waals surface area contributed by atoms with Gasteiger partial charge in [0.25, 0.3) is 0 Å². The number of benzene rings is 2. The lowest BCUT2D eigenvalue weighted by atomic mass is 10.0. The number of hydrogen-bond acceptors (Lipinski definition) is 3. The molecule has 0 fully saturated rings. The molecule has 0 bridgehead atoms. The Morgan fingerprint density at radius 2 is 1.74 bits per heavy atom. The Morgan fingerprint density at radius 3 is 2.41 bits per heavy atom. The number of rotatable bonds is 3. The predicted octanol–water partition coefficient (Wildman–Crippen LogP) is 5.45. The molecule has 0 radical (unpaired) electrons. The highest BCUT2D eigenvalue weighted by molar-refractivity contribution is 6.36. The monoisotopic (exact) mass is 396 g/mol. The molecule has 2 heterocycles. The van der Waals surface area contributed by atoms with E-state index in [1.54, 1.807) is 6.07 Å². The minimum absolute atomic E-state index is 0.336. The lowest BCUT2D eigenvalue weighted by Gasteiger charge is -2.14. The molecule has 4 nitrogen and oxygen atoms in total. The van der Waals surface area contributed by atoms with Crippen LogP contribution in [-0.4, -0.2) is 14.6 Å². The van der Waals surface area contributed by atoms with Gasteiger partial charge in [-0.2, -0.15) is 5.10 Å². The predicted molar refractivity (Wildman–Crippen MR) is 111 cm³/mol. The second kappa shape index (κ2) is 6.97. The van der Waals surface area contributed by atoms with E-state index in [0.717, 1.165) is 39.4 Å². The molecule has 2 aromatic heterocycles. The number of aromatic nitrogens is 3. The minimum Gasteiger partial charge on any atom is -0.326 e.